The zero-order chi connectivity index (χ0) is 18.8. The van der Waals surface area contributed by atoms with Crippen LogP contribution >= 0.6 is 22.9 Å². The molecule has 0 unspecified atom stereocenters. The first-order valence-corrected chi connectivity index (χ1v) is 10.4. The van der Waals surface area contributed by atoms with E-state index in [0.717, 1.165) is 23.4 Å². The number of nitrogens with one attached hydrogen (secondary N) is 2. The lowest BCUT2D eigenvalue weighted by Gasteiger charge is -2.26. The molecule has 0 saturated heterocycles. The Balaban J connectivity index is 1.40. The smallest absolute Gasteiger partial charge is 0.321 e. The van der Waals surface area contributed by atoms with Crippen LogP contribution in [0.4, 0.5) is 9.93 Å². The Kier molecular flexibility index (Phi) is 5.31. The van der Waals surface area contributed by atoms with E-state index < -0.39 is 0 Å². The van der Waals surface area contributed by atoms with Crippen molar-refractivity contribution in [1.82, 2.24) is 15.2 Å². The average molecular weight is 405 g/mol. The number of benzene rings is 1. The summed E-state index contributed by atoms with van der Waals surface area (Å²) < 4.78 is 0. The van der Waals surface area contributed by atoms with E-state index in [-0.39, 0.29) is 18.0 Å². The number of urea groups is 1. The molecular formula is C19H21ClN4O2S. The zero-order valence-electron chi connectivity index (χ0n) is 14.8. The minimum atomic E-state index is -0.197. The van der Waals surface area contributed by atoms with Gasteiger partial charge in [-0.25, -0.2) is 9.78 Å². The van der Waals surface area contributed by atoms with Gasteiger partial charge < -0.3 is 10.2 Å². The first kappa shape index (κ1) is 18.3. The fourth-order valence-electron chi connectivity index (χ4n) is 3.62. The number of hydrogen-bond donors (Lipinski definition) is 2. The third-order valence-corrected chi connectivity index (χ3v) is 6.36. The van der Waals surface area contributed by atoms with Crippen LogP contribution in [0, 0.1) is 0 Å². The number of thiazole rings is 1. The number of amides is 3. The van der Waals surface area contributed by atoms with Crippen molar-refractivity contribution in [3.63, 3.8) is 0 Å². The molecule has 0 atom stereocenters. The summed E-state index contributed by atoms with van der Waals surface area (Å²) in [5.41, 5.74) is 1.47. The van der Waals surface area contributed by atoms with E-state index in [0.29, 0.717) is 35.2 Å². The number of aromatic nitrogens is 1. The summed E-state index contributed by atoms with van der Waals surface area (Å²) in [4.78, 5) is 32.2. The highest BCUT2D eigenvalue weighted by molar-refractivity contribution is 7.15. The summed E-state index contributed by atoms with van der Waals surface area (Å²) >= 11 is 7.59. The van der Waals surface area contributed by atoms with Gasteiger partial charge in [-0.3, -0.25) is 10.1 Å². The van der Waals surface area contributed by atoms with Gasteiger partial charge >= 0.3 is 6.03 Å². The minimum absolute atomic E-state index is 0.0758. The molecule has 2 aromatic rings. The van der Waals surface area contributed by atoms with Gasteiger partial charge in [0.2, 0.25) is 0 Å². The Bertz CT molecular complexity index is 863. The largest absolute Gasteiger partial charge is 0.335 e. The zero-order valence-corrected chi connectivity index (χ0v) is 16.4. The number of hydrogen-bond acceptors (Lipinski definition) is 4. The standard InChI is InChI=1S/C19H21ClN4O2S/c20-14-8-4-3-7-13(14)17(25)24-10-9-15-16(11-24)27-19(22-15)23-18(26)21-12-5-1-2-6-12/h3-4,7-8,12H,1-2,5-6,9-11H2,(H2,21,22,23,26). The SMILES string of the molecule is O=C(Nc1nc2c(s1)CN(C(=O)c1ccccc1Cl)CC2)NC1CCCC1. The number of fused-ring (bicyclic) bond motifs is 1. The highest BCUT2D eigenvalue weighted by atomic mass is 35.5. The van der Waals surface area contributed by atoms with Crippen molar-refractivity contribution in [2.24, 2.45) is 0 Å². The molecule has 3 amide bonds. The lowest BCUT2D eigenvalue weighted by molar-refractivity contribution is 0.0736. The van der Waals surface area contributed by atoms with Crippen molar-refractivity contribution in [2.75, 3.05) is 11.9 Å². The molecular weight excluding hydrogens is 384 g/mol. The summed E-state index contributed by atoms with van der Waals surface area (Å²) in [7, 11) is 0. The molecule has 0 radical (unpaired) electrons. The molecule has 1 aliphatic carbocycles. The summed E-state index contributed by atoms with van der Waals surface area (Å²) in [5, 5.41) is 6.89. The fraction of sp³-hybridized carbons (Fsp3) is 0.421. The molecule has 2 N–H and O–H groups in total. The topological polar surface area (TPSA) is 74.3 Å². The average Bonchev–Trinajstić information content (AvgIpc) is 3.29. The molecule has 27 heavy (non-hydrogen) atoms. The monoisotopic (exact) mass is 404 g/mol. The molecule has 2 heterocycles. The molecule has 142 valence electrons. The highest BCUT2D eigenvalue weighted by Gasteiger charge is 2.26. The van der Waals surface area contributed by atoms with Crippen LogP contribution in [0.1, 0.15) is 46.6 Å². The van der Waals surface area contributed by atoms with E-state index in [1.807, 2.05) is 12.1 Å². The van der Waals surface area contributed by atoms with Crippen LogP contribution in [0.25, 0.3) is 0 Å². The molecule has 1 aromatic carbocycles. The summed E-state index contributed by atoms with van der Waals surface area (Å²) in [6.07, 6.45) is 5.10. The van der Waals surface area contributed by atoms with Gasteiger partial charge in [0.25, 0.3) is 5.91 Å². The normalized spacial score (nSPS) is 16.9. The molecule has 6 nitrogen and oxygen atoms in total. The van der Waals surface area contributed by atoms with Gasteiger partial charge in [-0.15, -0.1) is 0 Å². The predicted molar refractivity (Wildman–Crippen MR) is 106 cm³/mol. The van der Waals surface area contributed by atoms with Crippen molar-refractivity contribution >= 4 is 40.0 Å². The maximum Gasteiger partial charge on any atom is 0.321 e. The van der Waals surface area contributed by atoms with Gasteiger partial charge in [-0.1, -0.05) is 47.9 Å². The number of carbonyl (C=O) groups excluding carboxylic acids is 2. The molecule has 0 spiro atoms. The van der Waals surface area contributed by atoms with Crippen LogP contribution in [0.2, 0.25) is 5.02 Å². The molecule has 0 bridgehead atoms. The Morgan fingerprint density at radius 2 is 2.00 bits per heavy atom. The Morgan fingerprint density at radius 1 is 1.22 bits per heavy atom. The van der Waals surface area contributed by atoms with Gasteiger partial charge in [0.05, 0.1) is 22.8 Å². The van der Waals surface area contributed by atoms with Gasteiger partial charge in [-0.2, -0.15) is 0 Å². The molecule has 4 rings (SSSR count). The Hall–Kier alpha value is -2.12. The van der Waals surface area contributed by atoms with E-state index in [1.54, 1.807) is 17.0 Å². The van der Waals surface area contributed by atoms with E-state index in [2.05, 4.69) is 15.6 Å². The second kappa shape index (κ2) is 7.86. The third kappa shape index (κ3) is 4.09. The first-order valence-electron chi connectivity index (χ1n) is 9.20. The maximum atomic E-state index is 12.8. The number of halogens is 1. The summed E-state index contributed by atoms with van der Waals surface area (Å²) in [5.74, 6) is -0.0758. The molecule has 1 saturated carbocycles. The molecule has 1 aliphatic heterocycles. The quantitative estimate of drug-likeness (QED) is 0.810. The summed E-state index contributed by atoms with van der Waals surface area (Å²) in [6.45, 7) is 1.08. The highest BCUT2D eigenvalue weighted by Crippen LogP contribution is 2.30. The Morgan fingerprint density at radius 3 is 2.78 bits per heavy atom. The van der Waals surface area contributed by atoms with Crippen LogP contribution in [0.5, 0.6) is 0 Å². The van der Waals surface area contributed by atoms with Gasteiger partial charge in [0, 0.05) is 23.9 Å². The van der Waals surface area contributed by atoms with E-state index >= 15 is 0 Å². The van der Waals surface area contributed by atoms with Crippen LogP contribution in [-0.2, 0) is 13.0 Å². The summed E-state index contributed by atoms with van der Waals surface area (Å²) in [6, 6.07) is 7.16. The minimum Gasteiger partial charge on any atom is -0.335 e. The van der Waals surface area contributed by atoms with Gasteiger partial charge in [0.1, 0.15) is 0 Å². The van der Waals surface area contributed by atoms with Crippen molar-refractivity contribution < 1.29 is 9.59 Å². The number of carbonyl (C=O) groups is 2. The van der Waals surface area contributed by atoms with Crippen LogP contribution in [0.3, 0.4) is 0 Å². The number of rotatable bonds is 3. The van der Waals surface area contributed by atoms with E-state index in [9.17, 15) is 9.59 Å². The first-order chi connectivity index (χ1) is 13.1. The predicted octanol–water partition coefficient (Wildman–Crippen LogP) is 4.06. The van der Waals surface area contributed by atoms with E-state index in [1.165, 1.54) is 24.2 Å². The van der Waals surface area contributed by atoms with Crippen molar-refractivity contribution in [1.29, 1.82) is 0 Å². The van der Waals surface area contributed by atoms with E-state index in [4.69, 9.17) is 11.6 Å². The lowest BCUT2D eigenvalue weighted by atomic mass is 10.1. The molecule has 1 fully saturated rings. The van der Waals surface area contributed by atoms with Crippen molar-refractivity contribution in [2.45, 2.75) is 44.7 Å². The molecule has 8 heteroatoms. The van der Waals surface area contributed by atoms with Gasteiger partial charge in [0.15, 0.2) is 5.13 Å². The van der Waals surface area contributed by atoms with Gasteiger partial charge in [-0.05, 0) is 25.0 Å². The maximum absolute atomic E-state index is 12.8. The Labute approximate surface area is 166 Å². The second-order valence-electron chi connectivity index (χ2n) is 6.93. The van der Waals surface area contributed by atoms with Crippen LogP contribution in [0.15, 0.2) is 24.3 Å². The molecule has 1 aromatic heterocycles. The van der Waals surface area contributed by atoms with Crippen LogP contribution < -0.4 is 10.6 Å². The van der Waals surface area contributed by atoms with Crippen molar-refractivity contribution in [3.8, 4) is 0 Å². The molecule has 2 aliphatic rings. The second-order valence-corrected chi connectivity index (χ2v) is 8.42. The number of nitrogens with zero attached hydrogens (tertiary/aromatic N) is 2. The van der Waals surface area contributed by atoms with Crippen molar-refractivity contribution in [3.05, 3.63) is 45.4 Å². The number of anilines is 1. The third-order valence-electron chi connectivity index (χ3n) is 5.03. The van der Waals surface area contributed by atoms with Crippen LogP contribution in [-0.4, -0.2) is 34.4 Å². The fourth-order valence-corrected chi connectivity index (χ4v) is 4.85. The lowest BCUT2D eigenvalue weighted by Crippen LogP contribution is -2.36.